The molecular formula is C19H22O3. The van der Waals surface area contributed by atoms with Crippen LogP contribution in [0.2, 0.25) is 0 Å². The van der Waals surface area contributed by atoms with Crippen LogP contribution >= 0.6 is 0 Å². The van der Waals surface area contributed by atoms with Gasteiger partial charge in [0.25, 0.3) is 0 Å². The van der Waals surface area contributed by atoms with E-state index >= 15 is 0 Å². The van der Waals surface area contributed by atoms with Crippen molar-refractivity contribution in [1.82, 2.24) is 0 Å². The number of methoxy groups -OCH3 is 2. The number of ketones is 1. The zero-order valence-electron chi connectivity index (χ0n) is 13.4. The Balaban J connectivity index is 2.20. The average Bonchev–Trinajstić information content (AvgIpc) is 2.55. The molecule has 2 aromatic rings. The van der Waals surface area contributed by atoms with Crippen molar-refractivity contribution in [1.29, 1.82) is 0 Å². The molecule has 0 aromatic heterocycles. The normalized spacial score (nSPS) is 10.3. The molecule has 2 aromatic carbocycles. The van der Waals surface area contributed by atoms with E-state index in [9.17, 15) is 4.79 Å². The summed E-state index contributed by atoms with van der Waals surface area (Å²) in [4.78, 5) is 11.8. The predicted octanol–water partition coefficient (Wildman–Crippen LogP) is 4.08. The zero-order valence-corrected chi connectivity index (χ0v) is 13.4. The Labute approximate surface area is 131 Å². The molecule has 0 heterocycles. The SMILES string of the molecule is COc1ccc(C(C)=O)c(OC)c1CCCc1ccccc1. The van der Waals surface area contributed by atoms with Crippen LogP contribution in [0.1, 0.15) is 34.8 Å². The molecule has 0 aliphatic heterocycles. The number of carbonyl (C=O) groups is 1. The van der Waals surface area contributed by atoms with Crippen molar-refractivity contribution in [3.8, 4) is 11.5 Å². The number of rotatable bonds is 7. The van der Waals surface area contributed by atoms with Crippen molar-refractivity contribution < 1.29 is 14.3 Å². The molecule has 22 heavy (non-hydrogen) atoms. The van der Waals surface area contributed by atoms with Gasteiger partial charge in [0.15, 0.2) is 5.78 Å². The molecule has 0 bridgehead atoms. The van der Waals surface area contributed by atoms with Gasteiger partial charge in [0.05, 0.1) is 19.8 Å². The van der Waals surface area contributed by atoms with Crippen LogP contribution in [-0.4, -0.2) is 20.0 Å². The summed E-state index contributed by atoms with van der Waals surface area (Å²) in [5.41, 5.74) is 2.88. The van der Waals surface area contributed by atoms with E-state index < -0.39 is 0 Å². The van der Waals surface area contributed by atoms with Crippen molar-refractivity contribution in [2.24, 2.45) is 0 Å². The molecule has 0 unspecified atom stereocenters. The molecule has 0 saturated heterocycles. The van der Waals surface area contributed by atoms with Gasteiger partial charge in [-0.15, -0.1) is 0 Å². The van der Waals surface area contributed by atoms with Gasteiger partial charge < -0.3 is 9.47 Å². The van der Waals surface area contributed by atoms with Crippen LogP contribution in [0.5, 0.6) is 11.5 Å². The third kappa shape index (κ3) is 3.67. The maximum atomic E-state index is 11.8. The van der Waals surface area contributed by atoms with Gasteiger partial charge in [-0.05, 0) is 43.9 Å². The topological polar surface area (TPSA) is 35.5 Å². The van der Waals surface area contributed by atoms with E-state index in [0.717, 1.165) is 30.6 Å². The van der Waals surface area contributed by atoms with Crippen LogP contribution in [0.3, 0.4) is 0 Å². The first kappa shape index (κ1) is 16.1. The van der Waals surface area contributed by atoms with Gasteiger partial charge in [0.1, 0.15) is 11.5 Å². The second kappa shape index (κ2) is 7.64. The van der Waals surface area contributed by atoms with E-state index in [-0.39, 0.29) is 5.78 Å². The number of carbonyl (C=O) groups excluding carboxylic acids is 1. The third-order valence-corrected chi connectivity index (χ3v) is 3.76. The summed E-state index contributed by atoms with van der Waals surface area (Å²) < 4.78 is 10.9. The number of aryl methyl sites for hydroxylation is 1. The van der Waals surface area contributed by atoms with Gasteiger partial charge in [0, 0.05) is 5.56 Å². The molecule has 0 aliphatic rings. The van der Waals surface area contributed by atoms with Crippen LogP contribution < -0.4 is 9.47 Å². The number of Topliss-reactive ketones (excluding diaryl/α,β-unsaturated/α-hetero) is 1. The Bertz CT molecular complexity index is 633. The van der Waals surface area contributed by atoms with Gasteiger partial charge in [-0.2, -0.15) is 0 Å². The van der Waals surface area contributed by atoms with Crippen molar-refractivity contribution in [2.45, 2.75) is 26.2 Å². The van der Waals surface area contributed by atoms with Crippen LogP contribution in [0.4, 0.5) is 0 Å². The number of benzene rings is 2. The summed E-state index contributed by atoms with van der Waals surface area (Å²) in [6.07, 6.45) is 2.76. The molecular weight excluding hydrogens is 276 g/mol. The van der Waals surface area contributed by atoms with Crippen LogP contribution in [0.15, 0.2) is 42.5 Å². The predicted molar refractivity (Wildman–Crippen MR) is 88.0 cm³/mol. The van der Waals surface area contributed by atoms with Crippen molar-refractivity contribution in [2.75, 3.05) is 14.2 Å². The quantitative estimate of drug-likeness (QED) is 0.722. The molecule has 3 nitrogen and oxygen atoms in total. The second-order valence-corrected chi connectivity index (χ2v) is 5.22. The van der Waals surface area contributed by atoms with Crippen molar-refractivity contribution >= 4 is 5.78 Å². The monoisotopic (exact) mass is 298 g/mol. The maximum absolute atomic E-state index is 11.8. The lowest BCUT2D eigenvalue weighted by Crippen LogP contribution is -2.04. The fourth-order valence-corrected chi connectivity index (χ4v) is 2.66. The summed E-state index contributed by atoms with van der Waals surface area (Å²) >= 11 is 0. The van der Waals surface area contributed by atoms with Gasteiger partial charge >= 0.3 is 0 Å². The minimum Gasteiger partial charge on any atom is -0.496 e. The second-order valence-electron chi connectivity index (χ2n) is 5.22. The lowest BCUT2D eigenvalue weighted by Gasteiger charge is -2.16. The first-order valence-corrected chi connectivity index (χ1v) is 7.46. The highest BCUT2D eigenvalue weighted by atomic mass is 16.5. The number of ether oxygens (including phenoxy) is 2. The molecule has 0 aliphatic carbocycles. The molecule has 0 fully saturated rings. The Morgan fingerprint density at radius 2 is 1.68 bits per heavy atom. The zero-order chi connectivity index (χ0) is 15.9. The lowest BCUT2D eigenvalue weighted by atomic mass is 9.98. The maximum Gasteiger partial charge on any atom is 0.163 e. The Morgan fingerprint density at radius 1 is 0.955 bits per heavy atom. The number of hydrogen-bond acceptors (Lipinski definition) is 3. The largest absolute Gasteiger partial charge is 0.496 e. The smallest absolute Gasteiger partial charge is 0.163 e. The summed E-state index contributed by atoms with van der Waals surface area (Å²) in [5.74, 6) is 1.42. The van der Waals surface area contributed by atoms with E-state index in [1.165, 1.54) is 5.56 Å². The third-order valence-electron chi connectivity index (χ3n) is 3.76. The highest BCUT2D eigenvalue weighted by Crippen LogP contribution is 2.33. The minimum absolute atomic E-state index is 0.00353. The van der Waals surface area contributed by atoms with E-state index in [4.69, 9.17) is 9.47 Å². The first-order valence-electron chi connectivity index (χ1n) is 7.46. The molecule has 0 N–H and O–H groups in total. The standard InChI is InChI=1S/C19H22O3/c1-14(20)16-12-13-18(21-2)17(19(16)22-3)11-7-10-15-8-5-4-6-9-15/h4-6,8-9,12-13H,7,10-11H2,1-3H3. The molecule has 0 spiro atoms. The molecule has 3 heteroatoms. The van der Waals surface area contributed by atoms with Crippen LogP contribution in [0.25, 0.3) is 0 Å². The fourth-order valence-electron chi connectivity index (χ4n) is 2.66. The highest BCUT2D eigenvalue weighted by molar-refractivity contribution is 5.97. The molecule has 0 atom stereocenters. The van der Waals surface area contributed by atoms with Gasteiger partial charge in [-0.25, -0.2) is 0 Å². The van der Waals surface area contributed by atoms with Gasteiger partial charge in [-0.3, -0.25) is 4.79 Å². The van der Waals surface area contributed by atoms with E-state index in [1.54, 1.807) is 27.2 Å². The molecule has 0 radical (unpaired) electrons. The van der Waals surface area contributed by atoms with E-state index in [2.05, 4.69) is 12.1 Å². The summed E-state index contributed by atoms with van der Waals surface area (Å²) in [7, 11) is 3.24. The van der Waals surface area contributed by atoms with Crippen molar-refractivity contribution in [3.05, 3.63) is 59.2 Å². The highest BCUT2D eigenvalue weighted by Gasteiger charge is 2.17. The fraction of sp³-hybridized carbons (Fsp3) is 0.316. The minimum atomic E-state index is 0.00353. The van der Waals surface area contributed by atoms with Crippen molar-refractivity contribution in [3.63, 3.8) is 0 Å². The summed E-state index contributed by atoms with van der Waals surface area (Å²) in [5, 5.41) is 0. The molecule has 116 valence electrons. The molecule has 2 rings (SSSR count). The first-order chi connectivity index (χ1) is 10.7. The lowest BCUT2D eigenvalue weighted by molar-refractivity contribution is 0.101. The Hall–Kier alpha value is -2.29. The van der Waals surface area contributed by atoms with E-state index in [0.29, 0.717) is 11.3 Å². The van der Waals surface area contributed by atoms with Gasteiger partial charge in [-0.1, -0.05) is 30.3 Å². The van der Waals surface area contributed by atoms with E-state index in [1.807, 2.05) is 24.3 Å². The van der Waals surface area contributed by atoms with Crippen LogP contribution in [-0.2, 0) is 12.8 Å². The Morgan fingerprint density at radius 3 is 2.27 bits per heavy atom. The molecule has 0 saturated carbocycles. The van der Waals surface area contributed by atoms with Gasteiger partial charge in [0.2, 0.25) is 0 Å². The summed E-state index contributed by atoms with van der Waals surface area (Å²) in [6.45, 7) is 1.55. The van der Waals surface area contributed by atoms with Crippen LogP contribution in [0, 0.1) is 0 Å². The molecule has 0 amide bonds. The Kier molecular flexibility index (Phi) is 5.59. The summed E-state index contributed by atoms with van der Waals surface area (Å²) in [6, 6.07) is 14.0. The number of hydrogen-bond donors (Lipinski definition) is 0. The average molecular weight is 298 g/mol.